The number of benzene rings is 1. The normalized spacial score (nSPS) is 17.0. The van der Waals surface area contributed by atoms with Crippen LogP contribution < -0.4 is 14.2 Å². The molecular weight excluding hydrogens is 426 g/mol. The van der Waals surface area contributed by atoms with Crippen molar-refractivity contribution < 1.29 is 19.0 Å². The summed E-state index contributed by atoms with van der Waals surface area (Å²) in [4.78, 5) is 15.5. The Morgan fingerprint density at radius 1 is 1.20 bits per heavy atom. The van der Waals surface area contributed by atoms with E-state index in [1.54, 1.807) is 44.4 Å². The second-order valence-electron chi connectivity index (χ2n) is 5.35. The topological polar surface area (TPSA) is 48.0 Å². The zero-order valence-corrected chi connectivity index (χ0v) is 17.3. The number of carbonyl (C=O) groups is 1. The molecule has 2 heterocycles. The lowest BCUT2D eigenvalue weighted by atomic mass is 10.1. The van der Waals surface area contributed by atoms with Crippen molar-refractivity contribution in [1.82, 2.24) is 4.90 Å². The van der Waals surface area contributed by atoms with Crippen LogP contribution in [0.1, 0.15) is 15.8 Å². The summed E-state index contributed by atoms with van der Waals surface area (Å²) in [6.07, 6.45) is 0. The molecule has 1 aliphatic rings. The molecule has 0 spiro atoms. The maximum atomic E-state index is 12.4. The Morgan fingerprint density at radius 3 is 2.40 bits per heavy atom. The molecule has 1 saturated heterocycles. The van der Waals surface area contributed by atoms with E-state index in [2.05, 4.69) is 15.9 Å². The fourth-order valence-electron chi connectivity index (χ4n) is 2.75. The molecule has 0 radical (unpaired) electrons. The van der Waals surface area contributed by atoms with Crippen LogP contribution in [0.4, 0.5) is 0 Å². The molecule has 1 aromatic carbocycles. The average molecular weight is 444 g/mol. The highest BCUT2D eigenvalue weighted by Crippen LogP contribution is 2.45. The zero-order valence-electron chi connectivity index (χ0n) is 14.1. The molecule has 5 nitrogen and oxygen atoms in total. The molecular formula is C17H18BrNO4S2. The number of carbonyl (C=O) groups excluding carboxylic acids is 1. The molecule has 1 fully saturated rings. The van der Waals surface area contributed by atoms with Crippen LogP contribution in [-0.4, -0.2) is 37.9 Å². The summed E-state index contributed by atoms with van der Waals surface area (Å²) in [6.45, 7) is 0.484. The van der Waals surface area contributed by atoms with Gasteiger partial charge in [-0.2, -0.15) is 0 Å². The molecule has 25 heavy (non-hydrogen) atoms. The Hall–Kier alpha value is -1.38. The van der Waals surface area contributed by atoms with E-state index in [-0.39, 0.29) is 11.3 Å². The minimum Gasteiger partial charge on any atom is -0.493 e. The third-order valence-electron chi connectivity index (χ3n) is 3.91. The third-order valence-corrected chi connectivity index (χ3v) is 7.21. The van der Waals surface area contributed by atoms with Crippen LogP contribution >= 0.6 is 39.0 Å². The van der Waals surface area contributed by atoms with Gasteiger partial charge < -0.3 is 19.1 Å². The maximum Gasteiger partial charge on any atom is 0.234 e. The SMILES string of the molecule is COc1cc(CN2C(=O)CSC2c2sccc2Br)cc(OC)c1OC. The largest absolute Gasteiger partial charge is 0.493 e. The summed E-state index contributed by atoms with van der Waals surface area (Å²) in [5.41, 5.74) is 0.933. The first kappa shape index (κ1) is 18.4. The van der Waals surface area contributed by atoms with Gasteiger partial charge in [0.1, 0.15) is 5.37 Å². The molecule has 2 aromatic rings. The van der Waals surface area contributed by atoms with Crippen LogP contribution in [0, 0.1) is 0 Å². The number of thioether (sulfide) groups is 1. The Morgan fingerprint density at radius 2 is 1.88 bits per heavy atom. The molecule has 1 aliphatic heterocycles. The van der Waals surface area contributed by atoms with Crippen molar-refractivity contribution in [2.75, 3.05) is 27.1 Å². The van der Waals surface area contributed by atoms with Crippen molar-refractivity contribution in [3.05, 3.63) is 38.5 Å². The van der Waals surface area contributed by atoms with E-state index in [4.69, 9.17) is 14.2 Å². The zero-order chi connectivity index (χ0) is 18.0. The first-order chi connectivity index (χ1) is 12.1. The van der Waals surface area contributed by atoms with Crippen molar-refractivity contribution in [1.29, 1.82) is 0 Å². The molecule has 134 valence electrons. The summed E-state index contributed by atoms with van der Waals surface area (Å²) in [5, 5.41) is 2.04. The number of hydrogen-bond donors (Lipinski definition) is 0. The minimum atomic E-state index is 0.0148. The minimum absolute atomic E-state index is 0.0148. The van der Waals surface area contributed by atoms with Gasteiger partial charge >= 0.3 is 0 Å². The van der Waals surface area contributed by atoms with Crippen molar-refractivity contribution in [2.45, 2.75) is 11.9 Å². The van der Waals surface area contributed by atoms with Gasteiger partial charge in [0.05, 0.1) is 32.0 Å². The van der Waals surface area contributed by atoms with Crippen LogP contribution in [0.2, 0.25) is 0 Å². The van der Waals surface area contributed by atoms with Crippen LogP contribution in [0.5, 0.6) is 17.2 Å². The predicted molar refractivity (Wildman–Crippen MR) is 104 cm³/mol. The number of hydrogen-bond acceptors (Lipinski definition) is 6. The molecule has 1 atom stereocenters. The third kappa shape index (κ3) is 3.61. The van der Waals surface area contributed by atoms with E-state index in [1.165, 1.54) is 0 Å². The van der Waals surface area contributed by atoms with E-state index >= 15 is 0 Å². The summed E-state index contributed by atoms with van der Waals surface area (Å²) in [6, 6.07) is 5.79. The fourth-order valence-corrected chi connectivity index (χ4v) is 5.97. The molecule has 1 aromatic heterocycles. The smallest absolute Gasteiger partial charge is 0.234 e. The van der Waals surface area contributed by atoms with Crippen molar-refractivity contribution in [3.63, 3.8) is 0 Å². The molecule has 3 rings (SSSR count). The van der Waals surface area contributed by atoms with Crippen LogP contribution in [-0.2, 0) is 11.3 Å². The highest BCUT2D eigenvalue weighted by molar-refractivity contribution is 9.10. The number of ether oxygens (including phenoxy) is 3. The second-order valence-corrected chi connectivity index (χ2v) is 8.22. The molecule has 8 heteroatoms. The van der Waals surface area contributed by atoms with Gasteiger partial charge in [-0.3, -0.25) is 4.79 Å². The number of amides is 1. The predicted octanol–water partition coefficient (Wildman–Crippen LogP) is 4.31. The summed E-state index contributed by atoms with van der Waals surface area (Å²) >= 11 is 6.88. The average Bonchev–Trinajstić information content (AvgIpc) is 3.19. The van der Waals surface area contributed by atoms with Crippen LogP contribution in [0.3, 0.4) is 0 Å². The first-order valence-electron chi connectivity index (χ1n) is 7.51. The Kier molecular flexibility index (Phi) is 5.81. The number of methoxy groups -OCH3 is 3. The lowest BCUT2D eigenvalue weighted by Gasteiger charge is -2.24. The maximum absolute atomic E-state index is 12.4. The van der Waals surface area contributed by atoms with Crippen molar-refractivity contribution in [2.24, 2.45) is 0 Å². The van der Waals surface area contributed by atoms with Gasteiger partial charge in [0, 0.05) is 11.0 Å². The van der Waals surface area contributed by atoms with Crippen LogP contribution in [0.25, 0.3) is 0 Å². The number of thiophene rings is 1. The van der Waals surface area contributed by atoms with Crippen molar-refractivity contribution >= 4 is 44.9 Å². The van der Waals surface area contributed by atoms with E-state index in [0.717, 1.165) is 14.9 Å². The highest BCUT2D eigenvalue weighted by atomic mass is 79.9. The summed E-state index contributed by atoms with van der Waals surface area (Å²) in [7, 11) is 4.75. The lowest BCUT2D eigenvalue weighted by Crippen LogP contribution is -2.27. The van der Waals surface area contributed by atoms with Crippen molar-refractivity contribution in [3.8, 4) is 17.2 Å². The van der Waals surface area contributed by atoms with Gasteiger partial charge in [0.15, 0.2) is 11.5 Å². The molecule has 0 bridgehead atoms. The van der Waals surface area contributed by atoms with E-state index in [1.807, 2.05) is 28.5 Å². The second kappa shape index (κ2) is 7.88. The van der Waals surface area contributed by atoms with E-state index in [0.29, 0.717) is 29.5 Å². The molecule has 0 N–H and O–H groups in total. The lowest BCUT2D eigenvalue weighted by molar-refractivity contribution is -0.128. The van der Waals surface area contributed by atoms with Gasteiger partial charge in [-0.15, -0.1) is 23.1 Å². The Bertz CT molecular complexity index is 755. The Balaban J connectivity index is 1.92. The number of nitrogens with zero attached hydrogens (tertiary/aromatic N) is 1. The van der Waals surface area contributed by atoms with Crippen LogP contribution in [0.15, 0.2) is 28.1 Å². The molecule has 0 saturated carbocycles. The number of halogens is 1. The van der Waals surface area contributed by atoms with Gasteiger partial charge in [-0.05, 0) is 45.1 Å². The quantitative estimate of drug-likeness (QED) is 0.665. The molecule has 1 amide bonds. The summed E-state index contributed by atoms with van der Waals surface area (Å²) < 4.78 is 17.2. The standard InChI is InChI=1S/C17H18BrNO4S2/c1-21-12-6-10(7-13(22-2)15(12)23-3)8-19-14(20)9-25-17(19)16-11(18)4-5-24-16/h4-7,17H,8-9H2,1-3H3. The van der Waals surface area contributed by atoms with E-state index < -0.39 is 0 Å². The monoisotopic (exact) mass is 443 g/mol. The first-order valence-corrected chi connectivity index (χ1v) is 10.2. The van der Waals surface area contributed by atoms with Gasteiger partial charge in [0.25, 0.3) is 0 Å². The number of rotatable bonds is 6. The molecule has 1 unspecified atom stereocenters. The summed E-state index contributed by atoms with van der Waals surface area (Å²) in [5.74, 6) is 2.34. The fraction of sp³-hybridized carbons (Fsp3) is 0.353. The molecule has 0 aliphatic carbocycles. The Labute approximate surface area is 163 Å². The van der Waals surface area contributed by atoms with Gasteiger partial charge in [0.2, 0.25) is 11.7 Å². The van der Waals surface area contributed by atoms with Gasteiger partial charge in [-0.25, -0.2) is 0 Å². The van der Waals surface area contributed by atoms with E-state index in [9.17, 15) is 4.79 Å². The van der Waals surface area contributed by atoms with Gasteiger partial charge in [-0.1, -0.05) is 0 Å². The highest BCUT2D eigenvalue weighted by Gasteiger charge is 2.35.